The summed E-state index contributed by atoms with van der Waals surface area (Å²) in [5.41, 5.74) is 2.22. The van der Waals surface area contributed by atoms with E-state index in [1.807, 2.05) is 35.2 Å². The number of amides is 1. The third kappa shape index (κ3) is 3.55. The van der Waals surface area contributed by atoms with E-state index >= 15 is 0 Å². The number of hydrogen-bond donors (Lipinski definition) is 1. The number of imidazole rings is 1. The van der Waals surface area contributed by atoms with E-state index in [9.17, 15) is 13.6 Å². The minimum Gasteiger partial charge on any atom is -0.360 e. The van der Waals surface area contributed by atoms with E-state index in [0.717, 1.165) is 30.9 Å². The molecule has 1 unspecified atom stereocenters. The van der Waals surface area contributed by atoms with Gasteiger partial charge in [-0.3, -0.25) is 4.79 Å². The molecule has 0 spiro atoms. The van der Waals surface area contributed by atoms with Gasteiger partial charge in [0, 0.05) is 24.6 Å². The molecule has 1 atom stereocenters. The summed E-state index contributed by atoms with van der Waals surface area (Å²) in [6.07, 6.45) is 3.09. The van der Waals surface area contributed by atoms with Gasteiger partial charge in [0.1, 0.15) is 28.4 Å². The van der Waals surface area contributed by atoms with Crippen molar-refractivity contribution in [2.45, 2.75) is 38.6 Å². The third-order valence-corrected chi connectivity index (χ3v) is 6.04. The third-order valence-electron chi connectivity index (χ3n) is 6.04. The van der Waals surface area contributed by atoms with Crippen LogP contribution in [0.5, 0.6) is 0 Å². The Morgan fingerprint density at radius 1 is 1.19 bits per heavy atom. The SMILES string of the molecule is Cc1onc(-c2ccccc2)c1C(=O)N1CCCCC1Cc1nc2c(F)c(F)ccc2[nH]1. The van der Waals surface area contributed by atoms with Gasteiger partial charge in [-0.05, 0) is 38.3 Å². The Morgan fingerprint density at radius 2 is 2.00 bits per heavy atom. The van der Waals surface area contributed by atoms with E-state index in [2.05, 4.69) is 15.1 Å². The molecule has 6 nitrogen and oxygen atoms in total. The number of aryl methyl sites for hydroxylation is 1. The second-order valence-electron chi connectivity index (χ2n) is 8.12. The molecule has 2 aromatic heterocycles. The van der Waals surface area contributed by atoms with Crippen LogP contribution >= 0.6 is 0 Å². The standard InChI is InChI=1S/C24H22F2N4O2/c1-14-20(22(29-32-14)15-7-3-2-4-8-15)24(31)30-12-6-5-9-16(30)13-19-27-18-11-10-17(25)21(26)23(18)28-19/h2-4,7-8,10-11,16H,5-6,9,12-13H2,1H3,(H,27,28). The number of fused-ring (bicyclic) bond motifs is 1. The number of carbonyl (C=O) groups is 1. The maximum absolute atomic E-state index is 14.1. The summed E-state index contributed by atoms with van der Waals surface area (Å²) >= 11 is 0. The Bertz CT molecular complexity index is 1280. The van der Waals surface area contributed by atoms with Gasteiger partial charge in [0.05, 0.1) is 5.52 Å². The minimum absolute atomic E-state index is 0.0186. The first-order valence-corrected chi connectivity index (χ1v) is 10.7. The second kappa shape index (κ2) is 8.18. The van der Waals surface area contributed by atoms with Gasteiger partial charge in [-0.25, -0.2) is 13.8 Å². The van der Waals surface area contributed by atoms with Crippen molar-refractivity contribution in [2.75, 3.05) is 6.54 Å². The zero-order chi connectivity index (χ0) is 22.2. The van der Waals surface area contributed by atoms with Crippen LogP contribution in [0.25, 0.3) is 22.3 Å². The van der Waals surface area contributed by atoms with Crippen LogP contribution in [0, 0.1) is 18.6 Å². The van der Waals surface area contributed by atoms with Crippen molar-refractivity contribution in [3.63, 3.8) is 0 Å². The number of halogens is 2. The van der Waals surface area contributed by atoms with Crippen molar-refractivity contribution in [1.29, 1.82) is 0 Å². The van der Waals surface area contributed by atoms with Crippen LogP contribution in [-0.2, 0) is 6.42 Å². The summed E-state index contributed by atoms with van der Waals surface area (Å²) in [5.74, 6) is -1.03. The largest absolute Gasteiger partial charge is 0.360 e. The number of piperidine rings is 1. The fourth-order valence-electron chi connectivity index (χ4n) is 4.43. The van der Waals surface area contributed by atoms with Crippen LogP contribution in [0.3, 0.4) is 0 Å². The van der Waals surface area contributed by atoms with Crippen LogP contribution in [-0.4, -0.2) is 38.5 Å². The van der Waals surface area contributed by atoms with Crippen molar-refractivity contribution in [2.24, 2.45) is 0 Å². The van der Waals surface area contributed by atoms with Crippen LogP contribution in [0.15, 0.2) is 47.0 Å². The van der Waals surface area contributed by atoms with E-state index in [-0.39, 0.29) is 17.5 Å². The zero-order valence-corrected chi connectivity index (χ0v) is 17.6. The summed E-state index contributed by atoms with van der Waals surface area (Å²) in [7, 11) is 0. The fourth-order valence-corrected chi connectivity index (χ4v) is 4.43. The van der Waals surface area contributed by atoms with E-state index in [1.54, 1.807) is 6.92 Å². The smallest absolute Gasteiger partial charge is 0.260 e. The number of aromatic amines is 1. The van der Waals surface area contributed by atoms with Gasteiger partial charge in [-0.2, -0.15) is 0 Å². The van der Waals surface area contributed by atoms with Crippen molar-refractivity contribution in [1.82, 2.24) is 20.0 Å². The Kier molecular flexibility index (Phi) is 5.20. The molecule has 0 aliphatic carbocycles. The van der Waals surface area contributed by atoms with Crippen molar-refractivity contribution in [3.05, 3.63) is 71.2 Å². The first-order valence-electron chi connectivity index (χ1n) is 10.7. The number of rotatable bonds is 4. The lowest BCUT2D eigenvalue weighted by Crippen LogP contribution is -2.45. The highest BCUT2D eigenvalue weighted by Gasteiger charge is 2.33. The average molecular weight is 436 g/mol. The van der Waals surface area contributed by atoms with Gasteiger partial charge in [-0.15, -0.1) is 0 Å². The molecule has 32 heavy (non-hydrogen) atoms. The van der Waals surface area contributed by atoms with Gasteiger partial charge >= 0.3 is 0 Å². The van der Waals surface area contributed by atoms with Gasteiger partial charge in [0.15, 0.2) is 11.6 Å². The maximum Gasteiger partial charge on any atom is 0.260 e. The molecule has 1 aliphatic heterocycles. The molecular weight excluding hydrogens is 414 g/mol. The number of carbonyl (C=O) groups excluding carboxylic acids is 1. The molecule has 0 radical (unpaired) electrons. The Balaban J connectivity index is 1.45. The molecule has 0 saturated carbocycles. The monoisotopic (exact) mass is 436 g/mol. The minimum atomic E-state index is -0.964. The highest BCUT2D eigenvalue weighted by atomic mass is 19.2. The van der Waals surface area contributed by atoms with E-state index in [1.165, 1.54) is 6.07 Å². The molecule has 1 amide bonds. The van der Waals surface area contributed by atoms with Gasteiger partial charge in [-0.1, -0.05) is 35.5 Å². The molecule has 1 fully saturated rings. The van der Waals surface area contributed by atoms with E-state index in [0.29, 0.717) is 41.3 Å². The van der Waals surface area contributed by atoms with E-state index < -0.39 is 11.6 Å². The number of hydrogen-bond acceptors (Lipinski definition) is 4. The summed E-state index contributed by atoms with van der Waals surface area (Å²) in [6.45, 7) is 2.34. The number of nitrogens with zero attached hydrogens (tertiary/aromatic N) is 3. The summed E-state index contributed by atoms with van der Waals surface area (Å²) < 4.78 is 33.0. The molecule has 1 saturated heterocycles. The number of H-pyrrole nitrogens is 1. The normalized spacial score (nSPS) is 16.6. The van der Waals surface area contributed by atoms with Gasteiger partial charge in [0.2, 0.25) is 0 Å². The van der Waals surface area contributed by atoms with Crippen molar-refractivity contribution < 1.29 is 18.1 Å². The molecular formula is C24H22F2N4O2. The number of nitrogens with one attached hydrogen (secondary N) is 1. The average Bonchev–Trinajstić information content (AvgIpc) is 3.40. The van der Waals surface area contributed by atoms with Crippen molar-refractivity contribution >= 4 is 16.9 Å². The first kappa shape index (κ1) is 20.4. The summed E-state index contributed by atoms with van der Waals surface area (Å²) in [4.78, 5) is 22.8. The molecule has 5 rings (SSSR count). The van der Waals surface area contributed by atoms with E-state index in [4.69, 9.17) is 4.52 Å². The molecule has 1 aliphatic rings. The maximum atomic E-state index is 14.1. The second-order valence-corrected chi connectivity index (χ2v) is 8.12. The van der Waals surface area contributed by atoms with Crippen LogP contribution < -0.4 is 0 Å². The number of benzene rings is 2. The lowest BCUT2D eigenvalue weighted by molar-refractivity contribution is 0.0610. The van der Waals surface area contributed by atoms with Crippen LogP contribution in [0.4, 0.5) is 8.78 Å². The molecule has 1 N–H and O–H groups in total. The highest BCUT2D eigenvalue weighted by molar-refractivity contribution is 6.01. The van der Waals surface area contributed by atoms with Gasteiger partial charge < -0.3 is 14.4 Å². The molecule has 8 heteroatoms. The van der Waals surface area contributed by atoms with Crippen LogP contribution in [0.1, 0.15) is 41.2 Å². The molecule has 3 heterocycles. The van der Waals surface area contributed by atoms with Gasteiger partial charge in [0.25, 0.3) is 5.91 Å². The highest BCUT2D eigenvalue weighted by Crippen LogP contribution is 2.30. The summed E-state index contributed by atoms with van der Waals surface area (Å²) in [6, 6.07) is 11.9. The summed E-state index contributed by atoms with van der Waals surface area (Å²) in [5, 5.41) is 4.14. The fraction of sp³-hybridized carbons (Fsp3) is 0.292. The Morgan fingerprint density at radius 3 is 2.81 bits per heavy atom. The Labute approximate surface area is 183 Å². The molecule has 4 aromatic rings. The van der Waals surface area contributed by atoms with Crippen LogP contribution in [0.2, 0.25) is 0 Å². The first-order chi connectivity index (χ1) is 15.5. The lowest BCUT2D eigenvalue weighted by atomic mass is 9.96. The molecule has 2 aromatic carbocycles. The zero-order valence-electron chi connectivity index (χ0n) is 17.6. The number of aromatic nitrogens is 3. The topological polar surface area (TPSA) is 75.0 Å². The molecule has 164 valence electrons. The Hall–Kier alpha value is -3.55. The lowest BCUT2D eigenvalue weighted by Gasteiger charge is -2.35. The number of likely N-dealkylation sites (tertiary alicyclic amines) is 1. The molecule has 0 bridgehead atoms. The quantitative estimate of drug-likeness (QED) is 0.486. The predicted molar refractivity (Wildman–Crippen MR) is 115 cm³/mol. The van der Waals surface area contributed by atoms with Crippen molar-refractivity contribution in [3.8, 4) is 11.3 Å². The predicted octanol–water partition coefficient (Wildman–Crippen LogP) is 5.04.